The highest BCUT2D eigenvalue weighted by Gasteiger charge is 2.46. The highest BCUT2D eigenvalue weighted by atomic mass is 16.7. The minimum atomic E-state index is -1.10. The van der Waals surface area contributed by atoms with Crippen molar-refractivity contribution in [1.82, 2.24) is 20.9 Å². The number of carbonyl (C=O) groups is 6. The molecule has 0 aromatic carbocycles. The summed E-state index contributed by atoms with van der Waals surface area (Å²) in [6.45, 7) is 7.56. The maximum Gasteiger partial charge on any atom is 0.508 e. The highest BCUT2D eigenvalue weighted by Crippen LogP contribution is 2.33. The number of nitrogens with one attached hydrogen (secondary N) is 3. The number of nitrogens with zero attached hydrogens (tertiary/aromatic N) is 1. The van der Waals surface area contributed by atoms with Crippen LogP contribution in [0.2, 0.25) is 0 Å². The molecule has 0 radical (unpaired) electrons. The second-order valence-corrected chi connectivity index (χ2v) is 13.5. The third-order valence-electron chi connectivity index (χ3n) is 9.13. The SMILES string of the molecule is COC(=O)OCC1(NC(=O)NC(C(=O)N2CC[C@H](C)C2C(=O)NC(CC2CCC2)C(=O)C(N)=O)C(C)(C)C)CCCCC1. The number of nitrogens with two attached hydrogens (primary N) is 1. The Hall–Kier alpha value is -3.38. The first-order chi connectivity index (χ1) is 20.2. The van der Waals surface area contributed by atoms with E-state index in [0.717, 1.165) is 38.5 Å². The second-order valence-electron chi connectivity index (χ2n) is 13.5. The standard InChI is InChI=1S/C30H49N5O8/c1-18-12-15-35(21(18)25(38)32-20(22(36)24(31)37)16-19-10-9-11-19)26(39)23(29(2,3)4)33-27(40)34-30(13-7-6-8-14-30)17-43-28(41)42-5/h18-21,23H,6-17H2,1-5H3,(H2,31,37)(H,32,38)(H2,33,34,40)/t18-,20?,21?,23?/m0/s1. The van der Waals surface area contributed by atoms with Crippen LogP contribution >= 0.6 is 0 Å². The van der Waals surface area contributed by atoms with Crippen LogP contribution in [0.5, 0.6) is 0 Å². The number of methoxy groups -OCH3 is 1. The molecule has 0 spiro atoms. The van der Waals surface area contributed by atoms with Gasteiger partial charge in [0.05, 0.1) is 18.7 Å². The maximum atomic E-state index is 14.1. The van der Waals surface area contributed by atoms with Gasteiger partial charge in [0, 0.05) is 6.54 Å². The van der Waals surface area contributed by atoms with Crippen molar-refractivity contribution in [2.45, 2.75) is 116 Å². The van der Waals surface area contributed by atoms with Gasteiger partial charge in [0.15, 0.2) is 0 Å². The van der Waals surface area contributed by atoms with E-state index in [1.165, 1.54) is 12.0 Å². The van der Waals surface area contributed by atoms with Gasteiger partial charge < -0.3 is 36.1 Å². The molecule has 0 aromatic heterocycles. The Morgan fingerprint density at radius 3 is 2.16 bits per heavy atom. The van der Waals surface area contributed by atoms with Gasteiger partial charge in [-0.15, -0.1) is 0 Å². The molecule has 3 rings (SSSR count). The molecule has 1 saturated heterocycles. The van der Waals surface area contributed by atoms with Crippen LogP contribution < -0.4 is 21.7 Å². The molecule has 3 aliphatic rings. The average molecular weight is 608 g/mol. The van der Waals surface area contributed by atoms with Crippen LogP contribution in [0.15, 0.2) is 0 Å². The monoisotopic (exact) mass is 607 g/mol. The van der Waals surface area contributed by atoms with Crippen molar-refractivity contribution in [3.05, 3.63) is 0 Å². The smallest absolute Gasteiger partial charge is 0.438 e. The number of hydrogen-bond donors (Lipinski definition) is 4. The van der Waals surface area contributed by atoms with E-state index in [9.17, 15) is 28.8 Å². The molecule has 4 atom stereocenters. The van der Waals surface area contributed by atoms with Crippen LogP contribution in [-0.4, -0.2) is 84.5 Å². The van der Waals surface area contributed by atoms with E-state index in [1.54, 1.807) is 0 Å². The van der Waals surface area contributed by atoms with Crippen LogP contribution in [-0.2, 0) is 28.7 Å². The van der Waals surface area contributed by atoms with Gasteiger partial charge in [-0.05, 0) is 42.9 Å². The normalized spacial score (nSPS) is 23.2. The number of ketones is 1. The van der Waals surface area contributed by atoms with Gasteiger partial charge in [-0.1, -0.05) is 66.2 Å². The fourth-order valence-electron chi connectivity index (χ4n) is 6.33. The zero-order valence-corrected chi connectivity index (χ0v) is 26.2. The molecule has 3 unspecified atom stereocenters. The summed E-state index contributed by atoms with van der Waals surface area (Å²) in [5, 5.41) is 8.53. The average Bonchev–Trinajstić information content (AvgIpc) is 3.32. The number of rotatable bonds is 11. The Morgan fingerprint density at radius 2 is 1.63 bits per heavy atom. The second kappa shape index (κ2) is 14.4. The lowest BCUT2D eigenvalue weighted by molar-refractivity contribution is -0.144. The van der Waals surface area contributed by atoms with E-state index in [4.69, 9.17) is 10.5 Å². The van der Waals surface area contributed by atoms with E-state index in [0.29, 0.717) is 32.2 Å². The number of likely N-dealkylation sites (tertiary alicyclic amines) is 1. The van der Waals surface area contributed by atoms with Gasteiger partial charge in [-0.25, -0.2) is 9.59 Å². The van der Waals surface area contributed by atoms with Crippen molar-refractivity contribution >= 4 is 35.7 Å². The van der Waals surface area contributed by atoms with E-state index in [-0.39, 0.29) is 18.4 Å². The molecule has 3 fully saturated rings. The molecule has 5 amide bonds. The Morgan fingerprint density at radius 1 is 0.977 bits per heavy atom. The van der Waals surface area contributed by atoms with Crippen molar-refractivity contribution in [2.75, 3.05) is 20.3 Å². The Bertz CT molecular complexity index is 1060. The first kappa shape index (κ1) is 34.1. The number of carbonyl (C=O) groups excluding carboxylic acids is 6. The van der Waals surface area contributed by atoms with Gasteiger partial charge >= 0.3 is 12.2 Å². The Labute approximate surface area is 253 Å². The maximum absolute atomic E-state index is 14.1. The van der Waals surface area contributed by atoms with Gasteiger partial charge in [-0.3, -0.25) is 19.2 Å². The fourth-order valence-corrected chi connectivity index (χ4v) is 6.33. The summed E-state index contributed by atoms with van der Waals surface area (Å²) in [5.74, 6) is -2.88. The minimum absolute atomic E-state index is 0.0564. The fraction of sp³-hybridized carbons (Fsp3) is 0.800. The summed E-state index contributed by atoms with van der Waals surface area (Å²) in [6, 6.07) is -3.50. The molecule has 0 aromatic rings. The van der Waals surface area contributed by atoms with E-state index in [1.807, 2.05) is 27.7 Å². The molecule has 2 aliphatic carbocycles. The highest BCUT2D eigenvalue weighted by molar-refractivity contribution is 6.37. The summed E-state index contributed by atoms with van der Waals surface area (Å²) in [5.41, 5.74) is 3.75. The Balaban J connectivity index is 1.75. The van der Waals surface area contributed by atoms with E-state index < -0.39 is 64.8 Å². The quantitative estimate of drug-likeness (QED) is 0.203. The molecule has 0 bridgehead atoms. The zero-order valence-electron chi connectivity index (χ0n) is 26.2. The van der Waals surface area contributed by atoms with Crippen molar-refractivity contribution in [3.8, 4) is 0 Å². The number of amides is 5. The molecule has 13 nitrogen and oxygen atoms in total. The van der Waals surface area contributed by atoms with Gasteiger partial charge in [0.25, 0.3) is 5.91 Å². The zero-order chi connectivity index (χ0) is 31.9. The molecule has 13 heteroatoms. The molecular formula is C30H49N5O8. The summed E-state index contributed by atoms with van der Waals surface area (Å²) in [7, 11) is 1.21. The number of hydrogen-bond acceptors (Lipinski definition) is 8. The summed E-state index contributed by atoms with van der Waals surface area (Å²) in [6.07, 6.45) is 6.79. The lowest BCUT2D eigenvalue weighted by Gasteiger charge is -2.39. The van der Waals surface area contributed by atoms with Crippen LogP contribution in [0.3, 0.4) is 0 Å². The van der Waals surface area contributed by atoms with Crippen molar-refractivity contribution in [3.63, 3.8) is 0 Å². The van der Waals surface area contributed by atoms with Crippen molar-refractivity contribution < 1.29 is 38.2 Å². The molecule has 242 valence electrons. The number of Topliss-reactive ketones (excluding diaryl/α,β-unsaturated/α-hetero) is 1. The van der Waals surface area contributed by atoms with Crippen LogP contribution in [0.1, 0.15) is 91.9 Å². The molecular weight excluding hydrogens is 558 g/mol. The molecule has 1 heterocycles. The first-order valence-corrected chi connectivity index (χ1v) is 15.4. The largest absolute Gasteiger partial charge is 0.508 e. The first-order valence-electron chi connectivity index (χ1n) is 15.4. The summed E-state index contributed by atoms with van der Waals surface area (Å²) in [4.78, 5) is 78.4. The lowest BCUT2D eigenvalue weighted by Crippen LogP contribution is -2.63. The van der Waals surface area contributed by atoms with E-state index >= 15 is 0 Å². The number of primary amides is 1. The predicted molar refractivity (Wildman–Crippen MR) is 156 cm³/mol. The molecule has 43 heavy (non-hydrogen) atoms. The van der Waals surface area contributed by atoms with E-state index in [2.05, 4.69) is 20.7 Å². The van der Waals surface area contributed by atoms with Gasteiger partial charge in [0.1, 0.15) is 18.7 Å². The summed E-state index contributed by atoms with van der Waals surface area (Å²) >= 11 is 0. The topological polar surface area (TPSA) is 186 Å². The van der Waals surface area contributed by atoms with Crippen LogP contribution in [0.25, 0.3) is 0 Å². The lowest BCUT2D eigenvalue weighted by atomic mass is 9.80. The van der Waals surface area contributed by atoms with Gasteiger partial charge in [0.2, 0.25) is 17.6 Å². The third kappa shape index (κ3) is 8.82. The van der Waals surface area contributed by atoms with Crippen LogP contribution in [0, 0.1) is 17.3 Å². The van der Waals surface area contributed by atoms with Crippen molar-refractivity contribution in [2.24, 2.45) is 23.0 Å². The minimum Gasteiger partial charge on any atom is -0.438 e. The van der Waals surface area contributed by atoms with Crippen molar-refractivity contribution in [1.29, 1.82) is 0 Å². The summed E-state index contributed by atoms with van der Waals surface area (Å²) < 4.78 is 9.80. The third-order valence-corrected chi connectivity index (χ3v) is 9.13. The predicted octanol–water partition coefficient (Wildman–Crippen LogP) is 2.15. The van der Waals surface area contributed by atoms with Gasteiger partial charge in [-0.2, -0.15) is 0 Å². The molecule has 2 saturated carbocycles. The van der Waals surface area contributed by atoms with Crippen LogP contribution in [0.4, 0.5) is 9.59 Å². The number of ether oxygens (including phenoxy) is 2. The number of urea groups is 1. The molecule has 1 aliphatic heterocycles. The Kier molecular flexibility index (Phi) is 11.4. The molecule has 5 N–H and O–H groups in total.